The number of hydrogen-bond donors (Lipinski definition) is 1. The van der Waals surface area contributed by atoms with Crippen LogP contribution in [0.15, 0.2) is 30.3 Å². The lowest BCUT2D eigenvalue weighted by molar-refractivity contribution is 0.393. The van der Waals surface area contributed by atoms with Gasteiger partial charge in [0.15, 0.2) is 0 Å². The molecule has 0 heterocycles. The summed E-state index contributed by atoms with van der Waals surface area (Å²) in [5.74, 6) is 3.82. The Morgan fingerprint density at radius 3 is 2.38 bits per heavy atom. The molecular weight excluding hydrogens is 194 g/mol. The van der Waals surface area contributed by atoms with E-state index >= 15 is 0 Å². The van der Waals surface area contributed by atoms with E-state index in [2.05, 4.69) is 49.4 Å². The normalized spacial score (nSPS) is 16.1. The van der Waals surface area contributed by atoms with Crippen LogP contribution in [0.2, 0.25) is 0 Å². The first-order valence-electron chi connectivity index (χ1n) is 5.92. The summed E-state index contributed by atoms with van der Waals surface area (Å²) >= 11 is 0. The number of terminal acetylenes is 1. The van der Waals surface area contributed by atoms with E-state index in [1.807, 2.05) is 13.1 Å². The van der Waals surface area contributed by atoms with Gasteiger partial charge in [-0.2, -0.15) is 0 Å². The Kier molecular flexibility index (Phi) is 5.08. The van der Waals surface area contributed by atoms with E-state index < -0.39 is 0 Å². The number of rotatable bonds is 5. The van der Waals surface area contributed by atoms with E-state index in [0.29, 0.717) is 11.8 Å². The molecule has 86 valence electrons. The Morgan fingerprint density at radius 2 is 1.94 bits per heavy atom. The minimum absolute atomic E-state index is 0.109. The van der Waals surface area contributed by atoms with Crippen LogP contribution >= 0.6 is 0 Å². The molecule has 1 heteroatoms. The summed E-state index contributed by atoms with van der Waals surface area (Å²) in [6, 6.07) is 10.6. The third-order valence-electron chi connectivity index (χ3n) is 3.29. The second-order valence-electron chi connectivity index (χ2n) is 4.26. The van der Waals surface area contributed by atoms with E-state index in [1.165, 1.54) is 5.56 Å². The van der Waals surface area contributed by atoms with E-state index in [0.717, 1.165) is 6.42 Å². The van der Waals surface area contributed by atoms with Gasteiger partial charge in [0.25, 0.3) is 0 Å². The van der Waals surface area contributed by atoms with Gasteiger partial charge < -0.3 is 5.32 Å². The SMILES string of the molecule is C#CC(NC)C(c1ccccc1)C(C)CC. The lowest BCUT2D eigenvalue weighted by Gasteiger charge is -2.28. The zero-order chi connectivity index (χ0) is 12.0. The molecule has 3 unspecified atom stereocenters. The predicted molar refractivity (Wildman–Crippen MR) is 70.3 cm³/mol. The van der Waals surface area contributed by atoms with Gasteiger partial charge in [-0.1, -0.05) is 56.5 Å². The zero-order valence-electron chi connectivity index (χ0n) is 10.4. The van der Waals surface area contributed by atoms with E-state index in [9.17, 15) is 0 Å². The standard InChI is InChI=1S/C15H21N/c1-5-12(3)15(14(6-2)16-4)13-10-8-7-9-11-13/h2,7-12,14-16H,5H2,1,3-4H3. The van der Waals surface area contributed by atoms with Gasteiger partial charge in [-0.25, -0.2) is 0 Å². The largest absolute Gasteiger partial charge is 0.306 e. The molecule has 0 bridgehead atoms. The van der Waals surface area contributed by atoms with Gasteiger partial charge in [0, 0.05) is 5.92 Å². The number of nitrogens with one attached hydrogen (secondary N) is 1. The molecule has 0 fully saturated rings. The van der Waals surface area contributed by atoms with Crippen molar-refractivity contribution in [2.45, 2.75) is 32.2 Å². The van der Waals surface area contributed by atoms with Crippen molar-refractivity contribution in [1.29, 1.82) is 0 Å². The molecule has 1 N–H and O–H groups in total. The maximum atomic E-state index is 5.60. The molecule has 0 aliphatic heterocycles. The minimum Gasteiger partial charge on any atom is -0.306 e. The second kappa shape index (κ2) is 6.35. The summed E-state index contributed by atoms with van der Waals surface area (Å²) in [6.07, 6.45) is 6.74. The molecule has 0 aromatic heterocycles. The van der Waals surface area contributed by atoms with Crippen molar-refractivity contribution in [1.82, 2.24) is 5.32 Å². The molecule has 0 aliphatic carbocycles. The molecular formula is C15H21N. The van der Waals surface area contributed by atoms with Crippen molar-refractivity contribution in [2.75, 3.05) is 7.05 Å². The van der Waals surface area contributed by atoms with Crippen LogP contribution in [0, 0.1) is 18.3 Å². The number of likely N-dealkylation sites (N-methyl/N-ethyl adjacent to an activating group) is 1. The smallest absolute Gasteiger partial charge is 0.0756 e. The molecule has 16 heavy (non-hydrogen) atoms. The summed E-state index contributed by atoms with van der Waals surface area (Å²) in [5, 5.41) is 3.23. The first kappa shape index (κ1) is 12.8. The summed E-state index contributed by atoms with van der Waals surface area (Å²) < 4.78 is 0. The molecule has 1 aromatic rings. The molecule has 0 saturated heterocycles. The van der Waals surface area contributed by atoms with Crippen LogP contribution in [0.25, 0.3) is 0 Å². The van der Waals surface area contributed by atoms with Crippen LogP contribution in [0.5, 0.6) is 0 Å². The molecule has 0 amide bonds. The second-order valence-corrected chi connectivity index (χ2v) is 4.26. The highest BCUT2D eigenvalue weighted by atomic mass is 14.9. The van der Waals surface area contributed by atoms with Crippen molar-refractivity contribution in [3.63, 3.8) is 0 Å². The minimum atomic E-state index is 0.109. The third-order valence-corrected chi connectivity index (χ3v) is 3.29. The van der Waals surface area contributed by atoms with Gasteiger partial charge in [-0.15, -0.1) is 6.42 Å². The fourth-order valence-corrected chi connectivity index (χ4v) is 2.15. The Balaban J connectivity index is 3.01. The Bertz CT molecular complexity index is 336. The first-order chi connectivity index (χ1) is 7.74. The first-order valence-corrected chi connectivity index (χ1v) is 5.92. The fraction of sp³-hybridized carbons (Fsp3) is 0.467. The lowest BCUT2D eigenvalue weighted by atomic mass is 9.80. The lowest BCUT2D eigenvalue weighted by Crippen LogP contribution is -2.34. The van der Waals surface area contributed by atoms with Crippen molar-refractivity contribution in [2.24, 2.45) is 5.92 Å². The molecule has 0 spiro atoms. The van der Waals surface area contributed by atoms with Gasteiger partial charge in [0.1, 0.15) is 0 Å². The number of hydrogen-bond acceptors (Lipinski definition) is 1. The van der Waals surface area contributed by atoms with Crippen molar-refractivity contribution in [3.05, 3.63) is 35.9 Å². The van der Waals surface area contributed by atoms with Gasteiger partial charge in [0.2, 0.25) is 0 Å². The highest BCUT2D eigenvalue weighted by Crippen LogP contribution is 2.29. The zero-order valence-corrected chi connectivity index (χ0v) is 10.4. The topological polar surface area (TPSA) is 12.0 Å². The van der Waals surface area contributed by atoms with Crippen molar-refractivity contribution in [3.8, 4) is 12.3 Å². The van der Waals surface area contributed by atoms with Gasteiger partial charge in [-0.3, -0.25) is 0 Å². The van der Waals surface area contributed by atoms with Gasteiger partial charge in [-0.05, 0) is 18.5 Å². The fourth-order valence-electron chi connectivity index (χ4n) is 2.15. The van der Waals surface area contributed by atoms with Crippen LogP contribution in [0.1, 0.15) is 31.7 Å². The van der Waals surface area contributed by atoms with E-state index in [-0.39, 0.29) is 6.04 Å². The van der Waals surface area contributed by atoms with E-state index in [4.69, 9.17) is 6.42 Å². The monoisotopic (exact) mass is 215 g/mol. The molecule has 0 radical (unpaired) electrons. The molecule has 1 nitrogen and oxygen atoms in total. The average Bonchev–Trinajstić information content (AvgIpc) is 2.36. The Labute approximate surface area is 99.3 Å². The Morgan fingerprint density at radius 1 is 1.31 bits per heavy atom. The van der Waals surface area contributed by atoms with Crippen molar-refractivity contribution < 1.29 is 0 Å². The highest BCUT2D eigenvalue weighted by Gasteiger charge is 2.24. The maximum absolute atomic E-state index is 5.60. The summed E-state index contributed by atoms with van der Waals surface area (Å²) in [4.78, 5) is 0. The molecule has 3 atom stereocenters. The van der Waals surface area contributed by atoms with Crippen LogP contribution in [-0.4, -0.2) is 13.1 Å². The molecule has 0 aliphatic rings. The highest BCUT2D eigenvalue weighted by molar-refractivity contribution is 5.25. The summed E-state index contributed by atoms with van der Waals surface area (Å²) in [6.45, 7) is 4.48. The molecule has 1 rings (SSSR count). The van der Waals surface area contributed by atoms with Gasteiger partial charge in [0.05, 0.1) is 6.04 Å². The average molecular weight is 215 g/mol. The van der Waals surface area contributed by atoms with Crippen molar-refractivity contribution >= 4 is 0 Å². The third kappa shape index (κ3) is 2.87. The summed E-state index contributed by atoms with van der Waals surface area (Å²) in [7, 11) is 1.93. The van der Waals surface area contributed by atoms with Crippen LogP contribution in [0.3, 0.4) is 0 Å². The molecule has 0 saturated carbocycles. The quantitative estimate of drug-likeness (QED) is 0.744. The summed E-state index contributed by atoms with van der Waals surface area (Å²) in [5.41, 5.74) is 1.33. The van der Waals surface area contributed by atoms with Crippen LogP contribution in [-0.2, 0) is 0 Å². The Hall–Kier alpha value is -1.26. The molecule has 1 aromatic carbocycles. The number of benzene rings is 1. The predicted octanol–water partition coefficient (Wildman–Crippen LogP) is 3.04. The van der Waals surface area contributed by atoms with E-state index in [1.54, 1.807) is 0 Å². The van der Waals surface area contributed by atoms with Gasteiger partial charge >= 0.3 is 0 Å². The van der Waals surface area contributed by atoms with Crippen LogP contribution < -0.4 is 5.32 Å². The maximum Gasteiger partial charge on any atom is 0.0756 e. The van der Waals surface area contributed by atoms with Crippen LogP contribution in [0.4, 0.5) is 0 Å².